The van der Waals surface area contributed by atoms with Crippen molar-refractivity contribution in [1.82, 2.24) is 15.1 Å². The normalized spacial score (nSPS) is 20.4. The quantitative estimate of drug-likeness (QED) is 0.482. The van der Waals surface area contributed by atoms with E-state index < -0.39 is 0 Å². The fourth-order valence-electron chi connectivity index (χ4n) is 5.85. The minimum atomic E-state index is -0.0244. The maximum atomic E-state index is 13.3. The van der Waals surface area contributed by atoms with Crippen LogP contribution in [0.25, 0.3) is 0 Å². The van der Waals surface area contributed by atoms with E-state index in [0.29, 0.717) is 11.8 Å². The molecule has 5 rings (SSSR count). The van der Waals surface area contributed by atoms with Crippen LogP contribution in [0.2, 0.25) is 0 Å². The van der Waals surface area contributed by atoms with Crippen LogP contribution < -0.4 is 5.32 Å². The summed E-state index contributed by atoms with van der Waals surface area (Å²) in [7, 11) is 0. The van der Waals surface area contributed by atoms with Crippen LogP contribution in [0.3, 0.4) is 0 Å². The molecule has 3 atom stereocenters. The average molecular weight is 502 g/mol. The van der Waals surface area contributed by atoms with Crippen LogP contribution in [-0.2, 0) is 0 Å². The first-order chi connectivity index (χ1) is 17.4. The van der Waals surface area contributed by atoms with Gasteiger partial charge in [0.2, 0.25) is 0 Å². The van der Waals surface area contributed by atoms with E-state index in [1.54, 1.807) is 0 Å². The molecular formula is C30H35N3O2S. The number of fused-ring (bicyclic) bond motifs is 1. The van der Waals surface area contributed by atoms with Crippen LogP contribution in [0, 0.1) is 32.6 Å². The molecule has 0 spiro atoms. The van der Waals surface area contributed by atoms with E-state index in [-0.39, 0.29) is 17.9 Å². The third-order valence-electron chi connectivity index (χ3n) is 7.75. The van der Waals surface area contributed by atoms with Crippen molar-refractivity contribution in [2.45, 2.75) is 33.2 Å². The van der Waals surface area contributed by atoms with Crippen LogP contribution in [0.1, 0.15) is 54.1 Å². The molecule has 6 heteroatoms. The number of benzene rings is 2. The van der Waals surface area contributed by atoms with Gasteiger partial charge in [-0.15, -0.1) is 11.3 Å². The molecule has 188 valence electrons. The van der Waals surface area contributed by atoms with Gasteiger partial charge < -0.3 is 15.1 Å². The Labute approximate surface area is 218 Å². The number of amides is 2. The number of rotatable bonds is 7. The molecule has 2 aromatic carbocycles. The summed E-state index contributed by atoms with van der Waals surface area (Å²) in [6.07, 6.45) is 0.866. The summed E-state index contributed by atoms with van der Waals surface area (Å²) in [5.41, 5.74) is 4.14. The van der Waals surface area contributed by atoms with Gasteiger partial charge in [0.25, 0.3) is 11.8 Å². The van der Waals surface area contributed by atoms with Crippen LogP contribution >= 0.6 is 11.3 Å². The van der Waals surface area contributed by atoms with Crippen molar-refractivity contribution < 1.29 is 9.59 Å². The average Bonchev–Trinajstić information content (AvgIpc) is 3.57. The third-order valence-corrected chi connectivity index (χ3v) is 8.75. The molecule has 1 aromatic heterocycles. The highest BCUT2D eigenvalue weighted by molar-refractivity contribution is 7.13. The maximum absolute atomic E-state index is 13.3. The Balaban J connectivity index is 1.19. The summed E-state index contributed by atoms with van der Waals surface area (Å²) < 4.78 is 0. The third kappa shape index (κ3) is 5.25. The molecule has 2 aliphatic rings. The Hall–Kier alpha value is -2.96. The van der Waals surface area contributed by atoms with E-state index >= 15 is 0 Å². The van der Waals surface area contributed by atoms with Gasteiger partial charge in [0.05, 0.1) is 10.9 Å². The van der Waals surface area contributed by atoms with Crippen LogP contribution in [0.4, 0.5) is 0 Å². The first kappa shape index (κ1) is 24.7. The predicted octanol–water partition coefficient (Wildman–Crippen LogP) is 5.24. The van der Waals surface area contributed by atoms with Crippen molar-refractivity contribution in [3.05, 3.63) is 92.7 Å². The van der Waals surface area contributed by atoms with Crippen molar-refractivity contribution in [3.63, 3.8) is 0 Å². The lowest BCUT2D eigenvalue weighted by atomic mass is 10.0. The number of hydrogen-bond acceptors (Lipinski definition) is 4. The van der Waals surface area contributed by atoms with E-state index in [1.165, 1.54) is 11.3 Å². The minimum Gasteiger partial charge on any atom is -0.344 e. The number of carbonyl (C=O) groups is 2. The molecule has 36 heavy (non-hydrogen) atoms. The summed E-state index contributed by atoms with van der Waals surface area (Å²) in [5, 5.41) is 3.28. The number of nitrogens with zero attached hydrogens (tertiary/aromatic N) is 2. The van der Waals surface area contributed by atoms with Gasteiger partial charge in [-0.25, -0.2) is 0 Å². The summed E-state index contributed by atoms with van der Waals surface area (Å²) in [4.78, 5) is 32.7. The lowest BCUT2D eigenvalue weighted by Crippen LogP contribution is -2.35. The van der Waals surface area contributed by atoms with E-state index in [0.717, 1.165) is 71.2 Å². The van der Waals surface area contributed by atoms with E-state index in [2.05, 4.69) is 27.2 Å². The Bertz CT molecular complexity index is 1200. The van der Waals surface area contributed by atoms with Gasteiger partial charge in [0.15, 0.2) is 0 Å². The fraction of sp³-hybridized carbons (Fsp3) is 0.400. The highest BCUT2D eigenvalue weighted by Crippen LogP contribution is 2.33. The Kier molecular flexibility index (Phi) is 7.26. The second-order valence-electron chi connectivity index (χ2n) is 10.4. The van der Waals surface area contributed by atoms with Crippen molar-refractivity contribution in [2.75, 3.05) is 32.7 Å². The number of carbonyl (C=O) groups excluding carboxylic acids is 2. The van der Waals surface area contributed by atoms with Gasteiger partial charge in [-0.05, 0) is 67.9 Å². The minimum absolute atomic E-state index is 0.000831. The first-order valence-electron chi connectivity index (χ1n) is 12.9. The van der Waals surface area contributed by atoms with Crippen molar-refractivity contribution in [1.29, 1.82) is 0 Å². The molecule has 2 aliphatic heterocycles. The summed E-state index contributed by atoms with van der Waals surface area (Å²) in [5.74, 6) is 1.23. The molecule has 5 nitrogen and oxygen atoms in total. The number of aryl methyl sites for hydroxylation is 3. The number of thiophene rings is 1. The molecular weight excluding hydrogens is 466 g/mol. The van der Waals surface area contributed by atoms with Gasteiger partial charge in [0.1, 0.15) is 0 Å². The monoisotopic (exact) mass is 501 g/mol. The molecule has 2 saturated heterocycles. The Morgan fingerprint density at radius 1 is 0.889 bits per heavy atom. The summed E-state index contributed by atoms with van der Waals surface area (Å²) in [6.45, 7) is 10.7. The number of nitrogens with one attached hydrogen (secondary N) is 1. The molecule has 2 unspecified atom stereocenters. The molecule has 2 amide bonds. The van der Waals surface area contributed by atoms with E-state index in [9.17, 15) is 9.59 Å². The lowest BCUT2D eigenvalue weighted by Gasteiger charge is -2.25. The number of likely N-dealkylation sites (tertiary alicyclic amines) is 2. The van der Waals surface area contributed by atoms with Gasteiger partial charge in [0, 0.05) is 43.2 Å². The van der Waals surface area contributed by atoms with Crippen molar-refractivity contribution >= 4 is 23.2 Å². The fourth-order valence-corrected chi connectivity index (χ4v) is 6.62. The summed E-state index contributed by atoms with van der Waals surface area (Å²) in [6, 6.07) is 20.2. The van der Waals surface area contributed by atoms with E-state index in [1.807, 2.05) is 69.3 Å². The van der Waals surface area contributed by atoms with Crippen molar-refractivity contribution in [2.24, 2.45) is 11.8 Å². The maximum Gasteiger partial charge on any atom is 0.261 e. The second-order valence-corrected chi connectivity index (χ2v) is 11.7. The number of hydrogen-bond donors (Lipinski definition) is 1. The topological polar surface area (TPSA) is 52.7 Å². The molecule has 3 aromatic rings. The standard InChI is InChI=1S/C30H35N3O2S/c1-20-8-7-9-21(2)28(20)30(35)33-18-24-16-32(17-25(24)19-33)15-14-26(23-10-5-4-6-11-23)31-29(34)27-13-12-22(3)36-27/h4-13,24-26H,14-19H2,1-3H3,(H,31,34)/t24-,25?,26?/m0/s1. The van der Waals surface area contributed by atoms with Gasteiger partial charge in [-0.2, -0.15) is 0 Å². The first-order valence-corrected chi connectivity index (χ1v) is 13.7. The highest BCUT2D eigenvalue weighted by Gasteiger charge is 2.42. The van der Waals surface area contributed by atoms with Gasteiger partial charge in [-0.3, -0.25) is 9.59 Å². The zero-order chi connectivity index (χ0) is 25.2. The molecule has 2 fully saturated rings. The van der Waals surface area contributed by atoms with Crippen LogP contribution in [0.15, 0.2) is 60.7 Å². The zero-order valence-electron chi connectivity index (χ0n) is 21.4. The second kappa shape index (κ2) is 10.6. The van der Waals surface area contributed by atoms with Crippen LogP contribution in [0.5, 0.6) is 0 Å². The Morgan fingerprint density at radius 3 is 2.17 bits per heavy atom. The molecule has 3 heterocycles. The predicted molar refractivity (Wildman–Crippen MR) is 146 cm³/mol. The zero-order valence-corrected chi connectivity index (χ0v) is 22.2. The van der Waals surface area contributed by atoms with Crippen molar-refractivity contribution in [3.8, 4) is 0 Å². The Morgan fingerprint density at radius 2 is 1.56 bits per heavy atom. The highest BCUT2D eigenvalue weighted by atomic mass is 32.1. The molecule has 0 radical (unpaired) electrons. The molecule has 0 saturated carbocycles. The largest absolute Gasteiger partial charge is 0.344 e. The molecule has 0 bridgehead atoms. The van der Waals surface area contributed by atoms with Gasteiger partial charge >= 0.3 is 0 Å². The van der Waals surface area contributed by atoms with E-state index in [4.69, 9.17) is 0 Å². The summed E-state index contributed by atoms with van der Waals surface area (Å²) >= 11 is 1.54. The molecule has 0 aliphatic carbocycles. The van der Waals surface area contributed by atoms with Gasteiger partial charge in [-0.1, -0.05) is 48.5 Å². The SMILES string of the molecule is Cc1ccc(C(=O)NC(CCN2CC3CN(C(=O)c4c(C)cccc4C)C[C@@H]3C2)c2ccccc2)s1. The lowest BCUT2D eigenvalue weighted by molar-refractivity contribution is 0.0772. The smallest absolute Gasteiger partial charge is 0.261 e. The van der Waals surface area contributed by atoms with Crippen LogP contribution in [-0.4, -0.2) is 54.3 Å². The molecule has 1 N–H and O–H groups in total.